The summed E-state index contributed by atoms with van der Waals surface area (Å²) in [5, 5.41) is 0. The Hall–Kier alpha value is -1.73. The number of nitrogens with zero attached hydrogens (tertiary/aromatic N) is 1. The molecule has 1 heterocycles. The minimum atomic E-state index is -4.05. The van der Waals surface area contributed by atoms with E-state index in [0.29, 0.717) is 13.2 Å². The van der Waals surface area contributed by atoms with Crippen molar-refractivity contribution in [1.29, 1.82) is 0 Å². The van der Waals surface area contributed by atoms with Crippen LogP contribution < -0.4 is 10.3 Å². The molecule has 1 saturated heterocycles. The van der Waals surface area contributed by atoms with Crippen LogP contribution in [-0.2, 0) is 29.5 Å². The van der Waals surface area contributed by atoms with E-state index in [9.17, 15) is 21.6 Å². The first-order valence-electron chi connectivity index (χ1n) is 7.40. The van der Waals surface area contributed by atoms with E-state index in [4.69, 9.17) is 4.74 Å². The fraction of sp³-hybridized carbons (Fsp3) is 0.462. The molecule has 1 amide bonds. The second-order valence-corrected chi connectivity index (χ2v) is 8.56. The van der Waals surface area contributed by atoms with Crippen molar-refractivity contribution in [1.82, 2.24) is 14.6 Å². The van der Waals surface area contributed by atoms with Crippen molar-refractivity contribution in [2.75, 3.05) is 32.9 Å². The molecule has 0 aliphatic carbocycles. The highest BCUT2D eigenvalue weighted by atomic mass is 32.2. The Morgan fingerprint density at radius 1 is 1.12 bits per heavy atom. The summed E-state index contributed by atoms with van der Waals surface area (Å²) in [4.78, 5) is 12.8. The minimum absolute atomic E-state index is 0.0216. The number of carbonyl (C=O) groups is 1. The van der Waals surface area contributed by atoms with Crippen molar-refractivity contribution in [2.45, 2.75) is 16.7 Å². The molecule has 0 unspecified atom stereocenters. The summed E-state index contributed by atoms with van der Waals surface area (Å²) in [6.45, 7) is 2.77. The van der Waals surface area contributed by atoms with Crippen LogP contribution in [0.2, 0.25) is 0 Å². The molecule has 10 nitrogen and oxygen atoms in total. The number of hydrogen-bond donors (Lipinski definition) is 2. The summed E-state index contributed by atoms with van der Waals surface area (Å²) in [5.74, 6) is 0. The van der Waals surface area contributed by atoms with Crippen LogP contribution in [0.25, 0.3) is 0 Å². The molecule has 25 heavy (non-hydrogen) atoms. The summed E-state index contributed by atoms with van der Waals surface area (Å²) in [6, 6.07) is 4.68. The number of ether oxygens (including phenoxy) is 2. The third-order valence-electron chi connectivity index (χ3n) is 3.30. The van der Waals surface area contributed by atoms with Crippen molar-refractivity contribution in [3.63, 3.8) is 0 Å². The molecule has 0 spiro atoms. The molecule has 0 saturated carbocycles. The first kappa shape index (κ1) is 19.6. The van der Waals surface area contributed by atoms with E-state index in [2.05, 4.69) is 4.74 Å². The topological polar surface area (TPSA) is 131 Å². The minimum Gasteiger partial charge on any atom is -0.449 e. The number of rotatable bonds is 6. The normalized spacial score (nSPS) is 16.4. The zero-order chi connectivity index (χ0) is 18.5. The maximum Gasteiger partial charge on any atom is 0.422 e. The van der Waals surface area contributed by atoms with Crippen LogP contribution >= 0.6 is 0 Å². The molecule has 1 aromatic rings. The highest BCUT2D eigenvalue weighted by Crippen LogP contribution is 2.19. The Morgan fingerprint density at radius 2 is 1.68 bits per heavy atom. The fourth-order valence-electron chi connectivity index (χ4n) is 2.06. The van der Waals surface area contributed by atoms with Gasteiger partial charge in [0.2, 0.25) is 10.0 Å². The summed E-state index contributed by atoms with van der Waals surface area (Å²) in [6.07, 6.45) is -0.947. The molecule has 0 bridgehead atoms. The predicted octanol–water partition coefficient (Wildman–Crippen LogP) is -0.353. The predicted molar refractivity (Wildman–Crippen MR) is 86.5 cm³/mol. The Balaban J connectivity index is 2.11. The molecule has 1 fully saturated rings. The SMILES string of the molecule is CCOC(=O)NNS(=O)(=O)c1ccc(S(=O)(=O)N2CCOCC2)cc1. The van der Waals surface area contributed by atoms with E-state index in [1.807, 2.05) is 10.3 Å². The van der Waals surface area contributed by atoms with E-state index in [-0.39, 0.29) is 29.5 Å². The second kappa shape index (κ2) is 8.10. The standard InChI is InChI=1S/C13H19N3O7S2/c1-2-23-13(17)14-15-24(18,19)11-3-5-12(6-4-11)25(20,21)16-7-9-22-10-8-16/h3-6,15H,2,7-10H2,1H3,(H,14,17). The van der Waals surface area contributed by atoms with Crippen LogP contribution in [-0.4, -0.2) is 60.1 Å². The van der Waals surface area contributed by atoms with E-state index in [1.54, 1.807) is 6.92 Å². The molecular formula is C13H19N3O7S2. The third kappa shape index (κ3) is 4.89. The van der Waals surface area contributed by atoms with Gasteiger partial charge in [-0.2, -0.15) is 4.31 Å². The number of benzene rings is 1. The Bertz CT molecular complexity index is 801. The molecule has 0 aromatic heterocycles. The summed E-state index contributed by atoms with van der Waals surface area (Å²) < 4.78 is 60.0. The number of sulfonamides is 2. The van der Waals surface area contributed by atoms with E-state index >= 15 is 0 Å². The van der Waals surface area contributed by atoms with E-state index in [1.165, 1.54) is 16.4 Å². The molecule has 1 aliphatic rings. The zero-order valence-electron chi connectivity index (χ0n) is 13.5. The quantitative estimate of drug-likeness (QED) is 0.631. The van der Waals surface area contributed by atoms with Gasteiger partial charge >= 0.3 is 6.09 Å². The Kier molecular flexibility index (Phi) is 6.35. The van der Waals surface area contributed by atoms with Gasteiger partial charge in [0.05, 0.1) is 29.6 Å². The average Bonchev–Trinajstić information content (AvgIpc) is 2.61. The number of hydrogen-bond acceptors (Lipinski definition) is 7. The van der Waals surface area contributed by atoms with Gasteiger partial charge in [-0.25, -0.2) is 27.1 Å². The summed E-state index contributed by atoms with van der Waals surface area (Å²) in [7, 11) is -7.76. The Morgan fingerprint density at radius 3 is 2.24 bits per heavy atom. The van der Waals surface area contributed by atoms with Crippen LogP contribution in [0.5, 0.6) is 0 Å². The highest BCUT2D eigenvalue weighted by molar-refractivity contribution is 7.89. The lowest BCUT2D eigenvalue weighted by atomic mass is 10.4. The number of carbonyl (C=O) groups excluding carboxylic acids is 1. The second-order valence-electron chi connectivity index (χ2n) is 4.94. The number of hydrazine groups is 1. The van der Waals surface area contributed by atoms with E-state index in [0.717, 1.165) is 12.1 Å². The third-order valence-corrected chi connectivity index (χ3v) is 6.48. The highest BCUT2D eigenvalue weighted by Gasteiger charge is 2.26. The maximum atomic E-state index is 12.5. The van der Waals surface area contributed by atoms with Crippen molar-refractivity contribution >= 4 is 26.1 Å². The molecule has 1 aliphatic heterocycles. The monoisotopic (exact) mass is 393 g/mol. The van der Waals surface area contributed by atoms with Crippen molar-refractivity contribution in [3.8, 4) is 0 Å². The summed E-state index contributed by atoms with van der Waals surface area (Å²) >= 11 is 0. The van der Waals surface area contributed by atoms with Gasteiger partial charge in [0.25, 0.3) is 10.0 Å². The van der Waals surface area contributed by atoms with Gasteiger partial charge in [-0.1, -0.05) is 0 Å². The van der Waals surface area contributed by atoms with Gasteiger partial charge in [0.1, 0.15) is 0 Å². The van der Waals surface area contributed by atoms with Crippen LogP contribution in [0.3, 0.4) is 0 Å². The van der Waals surface area contributed by atoms with Gasteiger partial charge in [-0.3, -0.25) is 0 Å². The molecular weight excluding hydrogens is 374 g/mol. The number of morpholine rings is 1. The van der Waals surface area contributed by atoms with Crippen molar-refractivity contribution in [2.24, 2.45) is 0 Å². The van der Waals surface area contributed by atoms with Gasteiger partial charge in [-0.05, 0) is 31.2 Å². The van der Waals surface area contributed by atoms with Crippen LogP contribution in [0.1, 0.15) is 6.92 Å². The molecule has 0 radical (unpaired) electrons. The largest absolute Gasteiger partial charge is 0.449 e. The van der Waals surface area contributed by atoms with Crippen LogP contribution in [0.4, 0.5) is 4.79 Å². The van der Waals surface area contributed by atoms with E-state index < -0.39 is 26.1 Å². The average molecular weight is 393 g/mol. The van der Waals surface area contributed by atoms with Gasteiger partial charge in [0.15, 0.2) is 0 Å². The molecule has 1 aromatic carbocycles. The molecule has 12 heteroatoms. The maximum absolute atomic E-state index is 12.5. The van der Waals surface area contributed by atoms with Gasteiger partial charge < -0.3 is 9.47 Å². The van der Waals surface area contributed by atoms with Gasteiger partial charge in [0, 0.05) is 13.1 Å². The molecule has 2 N–H and O–H groups in total. The van der Waals surface area contributed by atoms with Crippen LogP contribution in [0, 0.1) is 0 Å². The fourth-order valence-corrected chi connectivity index (χ4v) is 4.30. The summed E-state index contributed by atoms with van der Waals surface area (Å²) in [5.41, 5.74) is 1.88. The van der Waals surface area contributed by atoms with Crippen molar-refractivity contribution in [3.05, 3.63) is 24.3 Å². The lowest BCUT2D eigenvalue weighted by molar-refractivity contribution is 0.0730. The van der Waals surface area contributed by atoms with Crippen molar-refractivity contribution < 1.29 is 31.1 Å². The molecule has 140 valence electrons. The zero-order valence-corrected chi connectivity index (χ0v) is 15.1. The lowest BCUT2D eigenvalue weighted by Crippen LogP contribution is -2.42. The first-order chi connectivity index (χ1) is 11.8. The number of amides is 1. The first-order valence-corrected chi connectivity index (χ1v) is 10.3. The Labute approximate surface area is 146 Å². The smallest absolute Gasteiger partial charge is 0.422 e. The van der Waals surface area contributed by atoms with Crippen LogP contribution in [0.15, 0.2) is 34.1 Å². The van der Waals surface area contributed by atoms with Gasteiger partial charge in [-0.15, -0.1) is 4.83 Å². The number of nitrogens with one attached hydrogen (secondary N) is 2. The molecule has 0 atom stereocenters. The lowest BCUT2D eigenvalue weighted by Gasteiger charge is -2.26. The molecule has 2 rings (SSSR count).